The first kappa shape index (κ1) is 15.9. The van der Waals surface area contributed by atoms with E-state index in [9.17, 15) is 14.4 Å². The van der Waals surface area contributed by atoms with E-state index >= 15 is 0 Å². The summed E-state index contributed by atoms with van der Waals surface area (Å²) in [5.41, 5.74) is 0.629. The highest BCUT2D eigenvalue weighted by Crippen LogP contribution is 2.59. The van der Waals surface area contributed by atoms with Crippen LogP contribution in [0.1, 0.15) is 19.3 Å². The van der Waals surface area contributed by atoms with Crippen LogP contribution < -0.4 is 5.43 Å². The van der Waals surface area contributed by atoms with Gasteiger partial charge in [-0.15, -0.1) is 0 Å². The lowest BCUT2D eigenvalue weighted by Gasteiger charge is -2.33. The Balaban J connectivity index is 1.46. The Hall–Kier alpha value is -2.63. The molecule has 25 heavy (non-hydrogen) atoms. The largest absolute Gasteiger partial charge is 0.481 e. The second-order valence-electron chi connectivity index (χ2n) is 7.16. The Morgan fingerprint density at radius 2 is 1.88 bits per heavy atom. The van der Waals surface area contributed by atoms with Crippen molar-refractivity contribution in [3.8, 4) is 0 Å². The van der Waals surface area contributed by atoms with Gasteiger partial charge in [-0.3, -0.25) is 14.4 Å². The third-order valence-corrected chi connectivity index (χ3v) is 5.79. The predicted molar refractivity (Wildman–Crippen MR) is 92.2 cm³/mol. The quantitative estimate of drug-likeness (QED) is 0.922. The second kappa shape index (κ2) is 5.72. The van der Waals surface area contributed by atoms with Crippen LogP contribution in [0.25, 0.3) is 10.9 Å². The minimum absolute atomic E-state index is 0.0103. The number of hydrogen-bond donors (Lipinski definition) is 1. The zero-order chi connectivity index (χ0) is 17.6. The summed E-state index contributed by atoms with van der Waals surface area (Å²) in [6, 6.07) is 8.77. The summed E-state index contributed by atoms with van der Waals surface area (Å²) in [6.07, 6.45) is 3.94. The molecule has 1 aliphatic carbocycles. The first-order valence-electron chi connectivity index (χ1n) is 8.59. The Morgan fingerprint density at radius 3 is 2.56 bits per heavy atom. The van der Waals surface area contributed by atoms with Crippen molar-refractivity contribution in [2.24, 2.45) is 11.3 Å². The normalized spacial score (nSPS) is 21.4. The lowest BCUT2D eigenvalue weighted by Crippen LogP contribution is -2.41. The fraction of sp³-hybridized carbons (Fsp3) is 0.421. The summed E-state index contributed by atoms with van der Waals surface area (Å²) in [7, 11) is 0. The fourth-order valence-electron chi connectivity index (χ4n) is 4.09. The molecule has 1 unspecified atom stereocenters. The summed E-state index contributed by atoms with van der Waals surface area (Å²) < 4.78 is 1.81. The number of pyridine rings is 1. The van der Waals surface area contributed by atoms with Crippen molar-refractivity contribution < 1.29 is 14.7 Å². The van der Waals surface area contributed by atoms with E-state index < -0.39 is 5.97 Å². The third-order valence-electron chi connectivity index (χ3n) is 5.79. The van der Waals surface area contributed by atoms with E-state index in [1.54, 1.807) is 16.8 Å². The first-order valence-corrected chi connectivity index (χ1v) is 8.59. The van der Waals surface area contributed by atoms with Crippen LogP contribution in [0, 0.1) is 11.3 Å². The number of aliphatic carboxylic acids is 1. The van der Waals surface area contributed by atoms with Gasteiger partial charge >= 0.3 is 5.97 Å². The Bertz CT molecular complexity index is 909. The van der Waals surface area contributed by atoms with Gasteiger partial charge in [-0.05, 0) is 36.8 Å². The molecule has 2 heterocycles. The lowest BCUT2D eigenvalue weighted by molar-refractivity contribution is -0.139. The number of amides is 1. The molecule has 6 heteroatoms. The summed E-state index contributed by atoms with van der Waals surface area (Å²) in [4.78, 5) is 37.5. The van der Waals surface area contributed by atoms with Gasteiger partial charge in [-0.25, -0.2) is 0 Å². The molecule has 1 spiro atoms. The van der Waals surface area contributed by atoms with Crippen LogP contribution in [-0.4, -0.2) is 39.5 Å². The number of carbonyl (C=O) groups excluding carboxylic acids is 1. The number of carbonyl (C=O) groups is 2. The van der Waals surface area contributed by atoms with Crippen molar-refractivity contribution in [2.45, 2.75) is 25.8 Å². The van der Waals surface area contributed by atoms with Gasteiger partial charge in [-0.1, -0.05) is 12.1 Å². The van der Waals surface area contributed by atoms with Gasteiger partial charge < -0.3 is 14.6 Å². The first-order chi connectivity index (χ1) is 12.0. The summed E-state index contributed by atoms with van der Waals surface area (Å²) >= 11 is 0. The predicted octanol–water partition coefficient (Wildman–Crippen LogP) is 1.71. The minimum atomic E-state index is -0.709. The Kier molecular flexibility index (Phi) is 3.63. The van der Waals surface area contributed by atoms with Crippen molar-refractivity contribution >= 4 is 22.8 Å². The highest BCUT2D eigenvalue weighted by molar-refractivity contribution is 5.82. The van der Waals surface area contributed by atoms with E-state index in [1.807, 2.05) is 23.1 Å². The van der Waals surface area contributed by atoms with Crippen LogP contribution in [-0.2, 0) is 16.1 Å². The number of nitrogens with zero attached hydrogens (tertiary/aromatic N) is 2. The number of para-hydroxylation sites is 1. The molecule has 1 saturated heterocycles. The van der Waals surface area contributed by atoms with Gasteiger partial charge in [0.05, 0.1) is 11.4 Å². The van der Waals surface area contributed by atoms with E-state index in [-0.39, 0.29) is 29.2 Å². The maximum Gasteiger partial charge on any atom is 0.307 e. The van der Waals surface area contributed by atoms with E-state index in [1.165, 1.54) is 6.07 Å². The molecule has 1 saturated carbocycles. The van der Waals surface area contributed by atoms with Gasteiger partial charge in [0.2, 0.25) is 5.91 Å². The van der Waals surface area contributed by atoms with E-state index in [4.69, 9.17) is 5.11 Å². The molecule has 130 valence electrons. The van der Waals surface area contributed by atoms with E-state index in [2.05, 4.69) is 0 Å². The number of carboxylic acids is 1. The molecule has 1 N–H and O–H groups in total. The van der Waals surface area contributed by atoms with Gasteiger partial charge in [0.15, 0.2) is 5.43 Å². The van der Waals surface area contributed by atoms with Crippen LogP contribution in [0.15, 0.2) is 41.3 Å². The summed E-state index contributed by atoms with van der Waals surface area (Å²) in [5, 5.41) is 9.76. The molecule has 4 rings (SSSR count). The molecule has 6 nitrogen and oxygen atoms in total. The molecule has 1 aliphatic heterocycles. The molecular weight excluding hydrogens is 320 g/mol. The molecule has 0 bridgehead atoms. The fourth-order valence-corrected chi connectivity index (χ4v) is 4.09. The Labute approximate surface area is 144 Å². The van der Waals surface area contributed by atoms with Gasteiger partial charge in [0.25, 0.3) is 0 Å². The number of carboxylic acid groups (broad SMARTS) is 1. The Morgan fingerprint density at radius 1 is 1.16 bits per heavy atom. The smallest absolute Gasteiger partial charge is 0.307 e. The number of aromatic nitrogens is 1. The number of fused-ring (bicyclic) bond motifs is 1. The van der Waals surface area contributed by atoms with Gasteiger partial charge in [0.1, 0.15) is 6.54 Å². The van der Waals surface area contributed by atoms with Crippen molar-refractivity contribution in [1.82, 2.24) is 9.47 Å². The molecule has 1 atom stereocenters. The standard InChI is InChI=1S/C19H20N2O4/c22-16-5-8-21(15-4-2-1-3-13(15)16)12-17(23)20-9-6-19(7-10-20)11-14(19)18(24)25/h1-5,8,14H,6-7,9-12H2,(H,24,25). The summed E-state index contributed by atoms with van der Waals surface area (Å²) in [5.74, 6) is -0.927. The number of hydrogen-bond acceptors (Lipinski definition) is 3. The molecular formula is C19H20N2O4. The minimum Gasteiger partial charge on any atom is -0.481 e. The lowest BCUT2D eigenvalue weighted by atomic mass is 9.91. The number of rotatable bonds is 3. The van der Waals surface area contributed by atoms with Crippen LogP contribution >= 0.6 is 0 Å². The molecule has 1 aromatic heterocycles. The second-order valence-corrected chi connectivity index (χ2v) is 7.16. The molecule has 0 radical (unpaired) electrons. The summed E-state index contributed by atoms with van der Waals surface area (Å²) in [6.45, 7) is 1.41. The highest BCUT2D eigenvalue weighted by Gasteiger charge is 2.59. The van der Waals surface area contributed by atoms with E-state index in [0.29, 0.717) is 18.5 Å². The van der Waals surface area contributed by atoms with Gasteiger partial charge in [0, 0.05) is 30.7 Å². The van der Waals surface area contributed by atoms with Gasteiger partial charge in [-0.2, -0.15) is 0 Å². The average Bonchev–Trinajstić information content (AvgIpc) is 3.32. The topological polar surface area (TPSA) is 79.6 Å². The van der Waals surface area contributed by atoms with Crippen molar-refractivity contribution in [1.29, 1.82) is 0 Å². The highest BCUT2D eigenvalue weighted by atomic mass is 16.4. The SMILES string of the molecule is O=C(O)C1CC12CCN(C(=O)Cn1ccc(=O)c3ccccc31)CC2. The zero-order valence-electron chi connectivity index (χ0n) is 13.9. The monoisotopic (exact) mass is 340 g/mol. The van der Waals surface area contributed by atoms with Crippen LogP contribution in [0.5, 0.6) is 0 Å². The average molecular weight is 340 g/mol. The molecule has 1 amide bonds. The van der Waals surface area contributed by atoms with Crippen LogP contribution in [0.2, 0.25) is 0 Å². The molecule has 2 aromatic rings. The van der Waals surface area contributed by atoms with Crippen LogP contribution in [0.4, 0.5) is 0 Å². The number of piperidine rings is 1. The molecule has 2 aliphatic rings. The molecule has 1 aromatic carbocycles. The maximum absolute atomic E-state index is 12.7. The van der Waals surface area contributed by atoms with E-state index in [0.717, 1.165) is 24.8 Å². The molecule has 2 fully saturated rings. The van der Waals surface area contributed by atoms with Crippen molar-refractivity contribution in [3.05, 3.63) is 46.8 Å². The van der Waals surface area contributed by atoms with Crippen molar-refractivity contribution in [2.75, 3.05) is 13.1 Å². The zero-order valence-corrected chi connectivity index (χ0v) is 13.9. The number of benzene rings is 1. The third kappa shape index (κ3) is 2.71. The van der Waals surface area contributed by atoms with Crippen LogP contribution in [0.3, 0.4) is 0 Å². The van der Waals surface area contributed by atoms with Crippen molar-refractivity contribution in [3.63, 3.8) is 0 Å². The number of likely N-dealkylation sites (tertiary alicyclic amines) is 1. The maximum atomic E-state index is 12.7.